The molecule has 8 nitrogen and oxygen atoms in total. The molecule has 152 valence electrons. The van der Waals surface area contributed by atoms with Gasteiger partial charge in [-0.15, -0.1) is 0 Å². The molecule has 1 aromatic rings. The highest BCUT2D eigenvalue weighted by Crippen LogP contribution is 2.30. The summed E-state index contributed by atoms with van der Waals surface area (Å²) in [7, 11) is 0. The number of amides is 4. The Labute approximate surface area is 164 Å². The smallest absolute Gasteiger partial charge is 0.327 e. The summed E-state index contributed by atoms with van der Waals surface area (Å²) in [5.74, 6) is -0.529. The summed E-state index contributed by atoms with van der Waals surface area (Å²) in [6.45, 7) is 10.7. The normalized spacial score (nSPS) is 21.9. The third-order valence-corrected chi connectivity index (χ3v) is 5.14. The van der Waals surface area contributed by atoms with Crippen molar-refractivity contribution in [3.05, 3.63) is 33.7 Å². The molecule has 3 heterocycles. The maximum Gasteiger partial charge on any atom is 0.327 e. The molecular formula is C20H28N4O4. The van der Waals surface area contributed by atoms with Crippen LogP contribution in [0, 0.1) is 18.3 Å². The molecule has 4 amide bonds. The second kappa shape index (κ2) is 7.07. The van der Waals surface area contributed by atoms with Crippen molar-refractivity contribution in [1.82, 2.24) is 19.7 Å². The van der Waals surface area contributed by atoms with E-state index in [0.29, 0.717) is 25.3 Å². The van der Waals surface area contributed by atoms with Crippen molar-refractivity contribution in [2.45, 2.75) is 40.7 Å². The first-order valence-corrected chi connectivity index (χ1v) is 9.61. The molecule has 2 fully saturated rings. The Balaban J connectivity index is 1.93. The number of hydrogen-bond donors (Lipinski definition) is 1. The van der Waals surface area contributed by atoms with E-state index in [1.165, 1.54) is 15.9 Å². The van der Waals surface area contributed by atoms with E-state index in [1.807, 2.05) is 27.7 Å². The molecule has 0 saturated carbocycles. The number of nitrogens with one attached hydrogen (secondary N) is 1. The zero-order chi connectivity index (χ0) is 20.8. The molecule has 28 heavy (non-hydrogen) atoms. The van der Waals surface area contributed by atoms with Crippen LogP contribution in [0.1, 0.15) is 43.7 Å². The van der Waals surface area contributed by atoms with Gasteiger partial charge in [0.25, 0.3) is 17.4 Å². The highest BCUT2D eigenvalue weighted by molar-refractivity contribution is 6.05. The van der Waals surface area contributed by atoms with Gasteiger partial charge < -0.3 is 14.8 Å². The molecule has 8 heteroatoms. The van der Waals surface area contributed by atoms with Crippen molar-refractivity contribution in [3.63, 3.8) is 0 Å². The SMILES string of the molecule is Cc1ccc(C(=O)N2CC3C(=O)N(CC(C)C)C(=O)N3CC(C)(C)C2)c(=O)[nH]1. The quantitative estimate of drug-likeness (QED) is 0.793. The van der Waals surface area contributed by atoms with E-state index in [9.17, 15) is 19.2 Å². The number of H-pyrrole nitrogens is 1. The lowest BCUT2D eigenvalue weighted by Gasteiger charge is -2.30. The molecule has 0 aromatic carbocycles. The number of fused-ring (bicyclic) bond motifs is 1. The van der Waals surface area contributed by atoms with Crippen LogP contribution in [0.4, 0.5) is 4.79 Å². The van der Waals surface area contributed by atoms with Crippen LogP contribution in [0.15, 0.2) is 16.9 Å². The molecular weight excluding hydrogens is 360 g/mol. The Morgan fingerprint density at radius 3 is 2.50 bits per heavy atom. The Morgan fingerprint density at radius 1 is 1.21 bits per heavy atom. The maximum atomic E-state index is 13.1. The van der Waals surface area contributed by atoms with Crippen LogP contribution in [-0.4, -0.2) is 69.8 Å². The standard InChI is InChI=1S/C20H28N4O4/c1-12(2)8-23-18(27)15-9-22(10-20(4,5)11-24(15)19(23)28)17(26)14-7-6-13(3)21-16(14)25/h6-7,12,15H,8-11H2,1-5H3,(H,21,25). The zero-order valence-electron chi connectivity index (χ0n) is 17.1. The number of aryl methyl sites for hydroxylation is 1. The van der Waals surface area contributed by atoms with Gasteiger partial charge in [-0.1, -0.05) is 27.7 Å². The minimum Gasteiger partial charge on any atom is -0.335 e. The lowest BCUT2D eigenvalue weighted by molar-refractivity contribution is -0.128. The average molecular weight is 388 g/mol. The fraction of sp³-hybridized carbons (Fsp3) is 0.600. The summed E-state index contributed by atoms with van der Waals surface area (Å²) < 4.78 is 0. The molecule has 1 unspecified atom stereocenters. The molecule has 0 radical (unpaired) electrons. The first-order chi connectivity index (χ1) is 13.0. The number of hydrogen-bond acceptors (Lipinski definition) is 4. The van der Waals surface area contributed by atoms with Crippen molar-refractivity contribution in [3.8, 4) is 0 Å². The highest BCUT2D eigenvalue weighted by atomic mass is 16.2. The third kappa shape index (κ3) is 3.68. The minimum atomic E-state index is -0.707. The van der Waals surface area contributed by atoms with Gasteiger partial charge in [0.1, 0.15) is 11.6 Å². The number of aromatic nitrogens is 1. The number of rotatable bonds is 3. The van der Waals surface area contributed by atoms with Crippen LogP contribution < -0.4 is 5.56 Å². The van der Waals surface area contributed by atoms with E-state index in [4.69, 9.17) is 0 Å². The molecule has 0 bridgehead atoms. The van der Waals surface area contributed by atoms with Gasteiger partial charge >= 0.3 is 6.03 Å². The van der Waals surface area contributed by atoms with Crippen LogP contribution >= 0.6 is 0 Å². The first-order valence-electron chi connectivity index (χ1n) is 9.61. The number of imide groups is 1. The topological polar surface area (TPSA) is 93.8 Å². The largest absolute Gasteiger partial charge is 0.335 e. The Kier molecular flexibility index (Phi) is 5.08. The number of carbonyl (C=O) groups excluding carboxylic acids is 3. The average Bonchev–Trinajstić information content (AvgIpc) is 2.71. The van der Waals surface area contributed by atoms with Gasteiger partial charge in [-0.2, -0.15) is 0 Å². The van der Waals surface area contributed by atoms with Crippen molar-refractivity contribution in [1.29, 1.82) is 0 Å². The lowest BCUT2D eigenvalue weighted by Crippen LogP contribution is -2.45. The van der Waals surface area contributed by atoms with Crippen molar-refractivity contribution >= 4 is 17.8 Å². The van der Waals surface area contributed by atoms with E-state index >= 15 is 0 Å². The van der Waals surface area contributed by atoms with Crippen molar-refractivity contribution < 1.29 is 14.4 Å². The first kappa shape index (κ1) is 20.1. The van der Waals surface area contributed by atoms with Crippen molar-refractivity contribution in [2.75, 3.05) is 26.2 Å². The van der Waals surface area contributed by atoms with E-state index in [2.05, 4.69) is 4.98 Å². The van der Waals surface area contributed by atoms with Gasteiger partial charge in [0.15, 0.2) is 0 Å². The Bertz CT molecular complexity index is 873. The Morgan fingerprint density at radius 2 is 1.89 bits per heavy atom. The molecule has 2 saturated heterocycles. The fourth-order valence-corrected chi connectivity index (χ4v) is 3.95. The van der Waals surface area contributed by atoms with Crippen LogP contribution in [0.2, 0.25) is 0 Å². The van der Waals surface area contributed by atoms with Crippen LogP contribution in [0.25, 0.3) is 0 Å². The third-order valence-electron chi connectivity index (χ3n) is 5.14. The fourth-order valence-electron chi connectivity index (χ4n) is 3.95. The minimum absolute atomic E-state index is 0.0469. The summed E-state index contributed by atoms with van der Waals surface area (Å²) in [6, 6.07) is 2.19. The van der Waals surface area contributed by atoms with E-state index in [0.717, 1.165) is 0 Å². The summed E-state index contributed by atoms with van der Waals surface area (Å²) in [5.41, 5.74) is -0.138. The van der Waals surface area contributed by atoms with Gasteiger partial charge in [0.05, 0.1) is 6.54 Å². The molecule has 1 N–H and O–H groups in total. The van der Waals surface area contributed by atoms with E-state index < -0.39 is 22.9 Å². The second-order valence-corrected chi connectivity index (χ2v) is 9.00. The molecule has 2 aliphatic rings. The summed E-state index contributed by atoms with van der Waals surface area (Å²) in [5, 5.41) is 0. The number of urea groups is 1. The maximum absolute atomic E-state index is 13.1. The summed E-state index contributed by atoms with van der Waals surface area (Å²) in [4.78, 5) is 58.1. The summed E-state index contributed by atoms with van der Waals surface area (Å²) >= 11 is 0. The number of aromatic amines is 1. The van der Waals surface area contributed by atoms with Gasteiger partial charge in [0.2, 0.25) is 0 Å². The predicted octanol–water partition coefficient (Wildman–Crippen LogP) is 1.45. The highest BCUT2D eigenvalue weighted by Gasteiger charge is 2.50. The molecule has 0 aliphatic carbocycles. The summed E-state index contributed by atoms with van der Waals surface area (Å²) in [6.07, 6.45) is 0. The second-order valence-electron chi connectivity index (χ2n) is 9.00. The number of nitrogens with zero attached hydrogens (tertiary/aromatic N) is 3. The predicted molar refractivity (Wildman–Crippen MR) is 104 cm³/mol. The van der Waals surface area contributed by atoms with Gasteiger partial charge in [-0.25, -0.2) is 4.79 Å². The zero-order valence-corrected chi connectivity index (χ0v) is 17.1. The van der Waals surface area contributed by atoms with Crippen molar-refractivity contribution in [2.24, 2.45) is 11.3 Å². The Hall–Kier alpha value is -2.64. The number of carbonyl (C=O) groups is 3. The van der Waals surface area contributed by atoms with Gasteiger partial charge in [0, 0.05) is 30.7 Å². The molecule has 1 atom stereocenters. The van der Waals surface area contributed by atoms with E-state index in [1.54, 1.807) is 17.9 Å². The van der Waals surface area contributed by atoms with Gasteiger partial charge in [-0.05, 0) is 25.0 Å². The molecule has 1 aromatic heterocycles. The number of pyridine rings is 1. The van der Waals surface area contributed by atoms with Crippen LogP contribution in [-0.2, 0) is 4.79 Å². The molecule has 0 spiro atoms. The monoisotopic (exact) mass is 388 g/mol. The molecule has 3 rings (SSSR count). The van der Waals surface area contributed by atoms with Crippen LogP contribution in [0.5, 0.6) is 0 Å². The van der Waals surface area contributed by atoms with E-state index in [-0.39, 0.29) is 30.0 Å². The molecule has 2 aliphatic heterocycles. The van der Waals surface area contributed by atoms with Gasteiger partial charge in [-0.3, -0.25) is 19.3 Å². The lowest BCUT2D eigenvalue weighted by atomic mass is 9.92. The van der Waals surface area contributed by atoms with Crippen LogP contribution in [0.3, 0.4) is 0 Å².